The normalized spacial score (nSPS) is 17.5. The van der Waals surface area contributed by atoms with Gasteiger partial charge < -0.3 is 14.8 Å². The van der Waals surface area contributed by atoms with Crippen molar-refractivity contribution in [2.24, 2.45) is 0 Å². The number of fused-ring (bicyclic) bond motifs is 1. The maximum atomic E-state index is 12.8. The summed E-state index contributed by atoms with van der Waals surface area (Å²) in [6.45, 7) is 1.93. The Balaban J connectivity index is 1.90. The standard InChI is InChI=1S/C18H23NO3/c1-13-16(14-7-3-4-8-15(14)22-13)17(21)19-18(11-12-20)9-5-2-6-10-18/h3-4,7-8,20H,2,5-6,9-12H2,1H3,(H,19,21). The van der Waals surface area contributed by atoms with Crippen molar-refractivity contribution in [3.63, 3.8) is 0 Å². The molecular formula is C18H23NO3. The van der Waals surface area contributed by atoms with Crippen molar-refractivity contribution in [3.05, 3.63) is 35.6 Å². The molecule has 1 aromatic carbocycles. The molecule has 0 spiro atoms. The van der Waals surface area contributed by atoms with Gasteiger partial charge in [-0.25, -0.2) is 0 Å². The van der Waals surface area contributed by atoms with E-state index in [9.17, 15) is 9.90 Å². The number of aliphatic hydroxyl groups is 1. The lowest BCUT2D eigenvalue weighted by molar-refractivity contribution is 0.0836. The van der Waals surface area contributed by atoms with Crippen LogP contribution in [-0.2, 0) is 0 Å². The number of hydrogen-bond donors (Lipinski definition) is 2. The molecule has 1 saturated carbocycles. The number of para-hydroxylation sites is 1. The minimum absolute atomic E-state index is 0.0854. The number of nitrogens with one attached hydrogen (secondary N) is 1. The molecule has 1 aliphatic carbocycles. The molecule has 2 N–H and O–H groups in total. The van der Waals surface area contributed by atoms with Gasteiger partial charge in [0, 0.05) is 17.5 Å². The van der Waals surface area contributed by atoms with Gasteiger partial charge in [0.2, 0.25) is 0 Å². The molecule has 118 valence electrons. The van der Waals surface area contributed by atoms with E-state index in [1.54, 1.807) is 0 Å². The Morgan fingerprint density at radius 2 is 2.00 bits per heavy atom. The zero-order valence-corrected chi connectivity index (χ0v) is 13.0. The van der Waals surface area contributed by atoms with E-state index in [4.69, 9.17) is 4.42 Å². The van der Waals surface area contributed by atoms with E-state index < -0.39 is 0 Å². The van der Waals surface area contributed by atoms with E-state index in [1.165, 1.54) is 6.42 Å². The van der Waals surface area contributed by atoms with Crippen LogP contribution in [0.15, 0.2) is 28.7 Å². The van der Waals surface area contributed by atoms with E-state index in [-0.39, 0.29) is 18.1 Å². The third kappa shape index (κ3) is 2.75. The van der Waals surface area contributed by atoms with Gasteiger partial charge in [-0.15, -0.1) is 0 Å². The third-order valence-corrected chi connectivity index (χ3v) is 4.78. The zero-order chi connectivity index (χ0) is 15.6. The van der Waals surface area contributed by atoms with Crippen LogP contribution < -0.4 is 5.32 Å². The van der Waals surface area contributed by atoms with E-state index in [0.29, 0.717) is 17.7 Å². The van der Waals surface area contributed by atoms with Crippen molar-refractivity contribution >= 4 is 16.9 Å². The summed E-state index contributed by atoms with van der Waals surface area (Å²) in [5.41, 5.74) is 1.10. The molecule has 1 aromatic heterocycles. The van der Waals surface area contributed by atoms with Crippen molar-refractivity contribution in [3.8, 4) is 0 Å². The second-order valence-corrected chi connectivity index (χ2v) is 6.30. The molecule has 0 saturated heterocycles. The molecule has 0 unspecified atom stereocenters. The molecule has 22 heavy (non-hydrogen) atoms. The van der Waals surface area contributed by atoms with E-state index >= 15 is 0 Å². The number of hydrogen-bond acceptors (Lipinski definition) is 3. The number of aliphatic hydroxyl groups excluding tert-OH is 1. The lowest BCUT2D eigenvalue weighted by atomic mass is 9.79. The van der Waals surface area contributed by atoms with Gasteiger partial charge in [-0.05, 0) is 32.3 Å². The summed E-state index contributed by atoms with van der Waals surface area (Å²) in [4.78, 5) is 12.8. The number of furan rings is 1. The Bertz CT molecular complexity index is 663. The van der Waals surface area contributed by atoms with Crippen molar-refractivity contribution < 1.29 is 14.3 Å². The Hall–Kier alpha value is -1.81. The van der Waals surface area contributed by atoms with Crippen molar-refractivity contribution in [1.29, 1.82) is 0 Å². The first-order chi connectivity index (χ1) is 10.7. The number of carbonyl (C=O) groups is 1. The quantitative estimate of drug-likeness (QED) is 0.907. The molecule has 0 bridgehead atoms. The zero-order valence-electron chi connectivity index (χ0n) is 13.0. The summed E-state index contributed by atoms with van der Waals surface area (Å²) in [7, 11) is 0. The largest absolute Gasteiger partial charge is 0.461 e. The molecule has 0 radical (unpaired) electrons. The average Bonchev–Trinajstić information content (AvgIpc) is 2.84. The van der Waals surface area contributed by atoms with Crippen LogP contribution in [0.25, 0.3) is 11.0 Å². The number of rotatable bonds is 4. The highest BCUT2D eigenvalue weighted by atomic mass is 16.3. The average molecular weight is 301 g/mol. The second-order valence-electron chi connectivity index (χ2n) is 6.30. The SMILES string of the molecule is Cc1oc2ccccc2c1C(=O)NC1(CCO)CCCCC1. The van der Waals surface area contributed by atoms with Gasteiger partial charge in [0.1, 0.15) is 11.3 Å². The van der Waals surface area contributed by atoms with Gasteiger partial charge in [0.25, 0.3) is 5.91 Å². The van der Waals surface area contributed by atoms with Gasteiger partial charge in [0.05, 0.1) is 5.56 Å². The summed E-state index contributed by atoms with van der Waals surface area (Å²) in [5.74, 6) is 0.562. The number of amides is 1. The van der Waals surface area contributed by atoms with Gasteiger partial charge in [-0.2, -0.15) is 0 Å². The van der Waals surface area contributed by atoms with Crippen LogP contribution in [0.3, 0.4) is 0 Å². The Morgan fingerprint density at radius 1 is 1.27 bits per heavy atom. The maximum Gasteiger partial charge on any atom is 0.255 e. The summed E-state index contributed by atoms with van der Waals surface area (Å²) < 4.78 is 5.69. The molecule has 4 heteroatoms. The first kappa shape index (κ1) is 15.1. The molecule has 2 aromatic rings. The van der Waals surface area contributed by atoms with Crippen LogP contribution in [0.2, 0.25) is 0 Å². The van der Waals surface area contributed by atoms with Crippen LogP contribution in [0.1, 0.15) is 54.6 Å². The second kappa shape index (κ2) is 6.13. The van der Waals surface area contributed by atoms with Crippen molar-refractivity contribution in [2.45, 2.75) is 51.0 Å². The van der Waals surface area contributed by atoms with Gasteiger partial charge in [0.15, 0.2) is 0 Å². The van der Waals surface area contributed by atoms with E-state index in [2.05, 4.69) is 5.32 Å². The van der Waals surface area contributed by atoms with Crippen LogP contribution >= 0.6 is 0 Å². The predicted molar refractivity (Wildman–Crippen MR) is 85.9 cm³/mol. The number of carbonyl (C=O) groups excluding carboxylic acids is 1. The van der Waals surface area contributed by atoms with Crippen LogP contribution in [-0.4, -0.2) is 23.2 Å². The number of benzene rings is 1. The molecule has 1 aliphatic rings. The maximum absolute atomic E-state index is 12.8. The smallest absolute Gasteiger partial charge is 0.255 e. The molecule has 1 amide bonds. The Morgan fingerprint density at radius 3 is 2.73 bits per heavy atom. The molecule has 1 heterocycles. The predicted octanol–water partition coefficient (Wildman–Crippen LogP) is 3.56. The lowest BCUT2D eigenvalue weighted by Crippen LogP contribution is -2.50. The topological polar surface area (TPSA) is 62.5 Å². The number of aryl methyl sites for hydroxylation is 1. The first-order valence-electron chi connectivity index (χ1n) is 8.07. The van der Waals surface area contributed by atoms with Crippen LogP contribution in [0.5, 0.6) is 0 Å². The van der Waals surface area contributed by atoms with Crippen molar-refractivity contribution in [2.75, 3.05) is 6.61 Å². The highest BCUT2D eigenvalue weighted by Gasteiger charge is 2.34. The van der Waals surface area contributed by atoms with Crippen molar-refractivity contribution in [1.82, 2.24) is 5.32 Å². The molecule has 1 fully saturated rings. The fourth-order valence-corrected chi connectivity index (χ4v) is 3.63. The monoisotopic (exact) mass is 301 g/mol. The summed E-state index contributed by atoms with van der Waals surface area (Å²) in [6, 6.07) is 7.61. The molecule has 4 nitrogen and oxygen atoms in total. The van der Waals surface area contributed by atoms with E-state index in [1.807, 2.05) is 31.2 Å². The molecule has 0 atom stereocenters. The van der Waals surface area contributed by atoms with Gasteiger partial charge in [-0.1, -0.05) is 37.5 Å². The Labute approximate surface area is 130 Å². The minimum Gasteiger partial charge on any atom is -0.461 e. The highest BCUT2D eigenvalue weighted by Crippen LogP contribution is 2.32. The third-order valence-electron chi connectivity index (χ3n) is 4.78. The van der Waals surface area contributed by atoms with Gasteiger partial charge >= 0.3 is 0 Å². The van der Waals surface area contributed by atoms with Crippen LogP contribution in [0.4, 0.5) is 0 Å². The minimum atomic E-state index is -0.269. The fraction of sp³-hybridized carbons (Fsp3) is 0.500. The summed E-state index contributed by atoms with van der Waals surface area (Å²) in [5, 5.41) is 13.4. The Kier molecular flexibility index (Phi) is 4.21. The van der Waals surface area contributed by atoms with Crippen LogP contribution in [0, 0.1) is 6.92 Å². The summed E-state index contributed by atoms with van der Waals surface area (Å²) in [6.07, 6.45) is 5.91. The molecule has 0 aliphatic heterocycles. The highest BCUT2D eigenvalue weighted by molar-refractivity contribution is 6.07. The molecular weight excluding hydrogens is 278 g/mol. The molecule has 3 rings (SSSR count). The van der Waals surface area contributed by atoms with E-state index in [0.717, 1.165) is 36.7 Å². The summed E-state index contributed by atoms with van der Waals surface area (Å²) >= 11 is 0. The fourth-order valence-electron chi connectivity index (χ4n) is 3.63. The lowest BCUT2D eigenvalue weighted by Gasteiger charge is -2.37. The van der Waals surface area contributed by atoms with Gasteiger partial charge in [-0.3, -0.25) is 4.79 Å². The first-order valence-corrected chi connectivity index (χ1v) is 8.07.